The number of hydrogen-bond acceptors (Lipinski definition) is 5. The molecule has 0 fully saturated rings. The highest BCUT2D eigenvalue weighted by Gasteiger charge is 2.15. The van der Waals surface area contributed by atoms with Gasteiger partial charge in [-0.3, -0.25) is 4.79 Å². The number of thiophene rings is 1. The highest BCUT2D eigenvalue weighted by molar-refractivity contribution is 7.14. The van der Waals surface area contributed by atoms with Crippen LogP contribution in [-0.2, 0) is 16.0 Å². The van der Waals surface area contributed by atoms with Crippen molar-refractivity contribution in [3.63, 3.8) is 0 Å². The largest absolute Gasteiger partial charge is 0.451 e. The van der Waals surface area contributed by atoms with Crippen LogP contribution >= 0.6 is 11.3 Å². The van der Waals surface area contributed by atoms with Crippen LogP contribution in [0, 0.1) is 18.3 Å². The van der Waals surface area contributed by atoms with Crippen molar-refractivity contribution in [2.24, 2.45) is 0 Å². The molecule has 1 aromatic heterocycles. The molecule has 0 spiro atoms. The van der Waals surface area contributed by atoms with Crippen molar-refractivity contribution in [1.29, 1.82) is 5.26 Å². The van der Waals surface area contributed by atoms with Crippen LogP contribution in [0.3, 0.4) is 0 Å². The summed E-state index contributed by atoms with van der Waals surface area (Å²) < 4.78 is 5.06. The van der Waals surface area contributed by atoms with Crippen LogP contribution in [0.25, 0.3) is 0 Å². The van der Waals surface area contributed by atoms with E-state index in [1.165, 1.54) is 11.3 Å². The molecular formula is C18H18N2O3S. The van der Waals surface area contributed by atoms with Crippen LogP contribution in [-0.4, -0.2) is 18.5 Å². The van der Waals surface area contributed by atoms with Crippen molar-refractivity contribution in [1.82, 2.24) is 0 Å². The molecule has 1 heterocycles. The third-order valence-corrected chi connectivity index (χ3v) is 4.45. The van der Waals surface area contributed by atoms with Crippen LogP contribution in [0.15, 0.2) is 30.3 Å². The van der Waals surface area contributed by atoms with Gasteiger partial charge in [-0.05, 0) is 49.2 Å². The Morgan fingerprint density at radius 1 is 1.29 bits per heavy atom. The minimum absolute atomic E-state index is 0.348. The molecule has 0 saturated carbocycles. The maximum absolute atomic E-state index is 12.0. The van der Waals surface area contributed by atoms with Gasteiger partial charge in [-0.25, -0.2) is 4.79 Å². The molecule has 5 nitrogen and oxygen atoms in total. The van der Waals surface area contributed by atoms with E-state index >= 15 is 0 Å². The number of nitriles is 1. The summed E-state index contributed by atoms with van der Waals surface area (Å²) in [5.41, 5.74) is 2.21. The Balaban J connectivity index is 1.87. The molecule has 0 radical (unpaired) electrons. The quantitative estimate of drug-likeness (QED) is 0.812. The Morgan fingerprint density at radius 2 is 2.00 bits per heavy atom. The molecule has 0 unspecified atom stereocenters. The SMILES string of the molecule is CCCc1cc(C(=O)OCC(=O)Nc2ccc(C#N)cc2)sc1C. The van der Waals surface area contributed by atoms with Gasteiger partial charge in [0.05, 0.1) is 11.6 Å². The molecule has 0 saturated heterocycles. The lowest BCUT2D eigenvalue weighted by Gasteiger charge is -2.05. The Hall–Kier alpha value is -2.65. The van der Waals surface area contributed by atoms with Crippen molar-refractivity contribution in [3.8, 4) is 6.07 Å². The van der Waals surface area contributed by atoms with Crippen LogP contribution in [0.2, 0.25) is 0 Å². The summed E-state index contributed by atoms with van der Waals surface area (Å²) in [5, 5.41) is 11.3. The molecule has 0 aliphatic heterocycles. The number of esters is 1. The number of carbonyl (C=O) groups excluding carboxylic acids is 2. The van der Waals surface area contributed by atoms with Crippen molar-refractivity contribution in [2.75, 3.05) is 11.9 Å². The van der Waals surface area contributed by atoms with Gasteiger partial charge in [0.2, 0.25) is 0 Å². The number of aryl methyl sites for hydroxylation is 2. The van der Waals surface area contributed by atoms with Gasteiger partial charge >= 0.3 is 5.97 Å². The first kappa shape index (κ1) is 17.7. The van der Waals surface area contributed by atoms with E-state index in [-0.39, 0.29) is 6.61 Å². The normalized spacial score (nSPS) is 10.0. The van der Waals surface area contributed by atoms with E-state index in [1.54, 1.807) is 24.3 Å². The summed E-state index contributed by atoms with van der Waals surface area (Å²) in [5.74, 6) is -0.907. The number of nitrogens with one attached hydrogen (secondary N) is 1. The minimum Gasteiger partial charge on any atom is -0.451 e. The molecule has 0 atom stereocenters. The van der Waals surface area contributed by atoms with Gasteiger partial charge in [0, 0.05) is 10.6 Å². The summed E-state index contributed by atoms with van der Waals surface area (Å²) in [6, 6.07) is 10.3. The molecule has 1 amide bonds. The lowest BCUT2D eigenvalue weighted by molar-refractivity contribution is -0.119. The molecule has 124 valence electrons. The highest BCUT2D eigenvalue weighted by Crippen LogP contribution is 2.23. The lowest BCUT2D eigenvalue weighted by atomic mass is 10.1. The lowest BCUT2D eigenvalue weighted by Crippen LogP contribution is -2.20. The van der Waals surface area contributed by atoms with Gasteiger partial charge in [0.1, 0.15) is 4.88 Å². The van der Waals surface area contributed by atoms with E-state index in [4.69, 9.17) is 10.00 Å². The van der Waals surface area contributed by atoms with E-state index in [2.05, 4.69) is 12.2 Å². The maximum Gasteiger partial charge on any atom is 0.348 e. The second-order valence-corrected chi connectivity index (χ2v) is 6.51. The zero-order chi connectivity index (χ0) is 17.5. The zero-order valence-electron chi connectivity index (χ0n) is 13.6. The first-order valence-electron chi connectivity index (χ1n) is 7.60. The second-order valence-electron chi connectivity index (χ2n) is 5.26. The summed E-state index contributed by atoms with van der Waals surface area (Å²) in [4.78, 5) is 25.5. The number of rotatable bonds is 6. The Bertz CT molecular complexity index is 773. The van der Waals surface area contributed by atoms with Gasteiger partial charge < -0.3 is 10.1 Å². The number of ether oxygens (including phenoxy) is 1. The highest BCUT2D eigenvalue weighted by atomic mass is 32.1. The molecule has 6 heteroatoms. The van der Waals surface area contributed by atoms with Gasteiger partial charge in [-0.15, -0.1) is 11.3 Å². The number of nitrogens with zero attached hydrogens (tertiary/aromatic N) is 1. The summed E-state index contributed by atoms with van der Waals surface area (Å²) >= 11 is 1.39. The molecule has 1 aromatic carbocycles. The van der Waals surface area contributed by atoms with Crippen LogP contribution in [0.1, 0.15) is 39.0 Å². The van der Waals surface area contributed by atoms with E-state index in [9.17, 15) is 9.59 Å². The summed E-state index contributed by atoms with van der Waals surface area (Å²) in [6.45, 7) is 3.71. The van der Waals surface area contributed by atoms with E-state index in [0.717, 1.165) is 23.3 Å². The predicted octanol–water partition coefficient (Wildman–Crippen LogP) is 3.68. The molecule has 24 heavy (non-hydrogen) atoms. The van der Waals surface area contributed by atoms with Crippen molar-refractivity contribution in [3.05, 3.63) is 51.2 Å². The number of benzene rings is 1. The monoisotopic (exact) mass is 342 g/mol. The van der Waals surface area contributed by atoms with E-state index in [1.807, 2.05) is 19.1 Å². The second kappa shape index (κ2) is 8.27. The summed E-state index contributed by atoms with van der Waals surface area (Å²) in [6.07, 6.45) is 1.94. The number of anilines is 1. The maximum atomic E-state index is 12.0. The Morgan fingerprint density at radius 3 is 2.62 bits per heavy atom. The van der Waals surface area contributed by atoms with Crippen molar-refractivity contribution < 1.29 is 14.3 Å². The van der Waals surface area contributed by atoms with E-state index < -0.39 is 11.9 Å². The van der Waals surface area contributed by atoms with Crippen molar-refractivity contribution >= 4 is 28.9 Å². The fourth-order valence-electron chi connectivity index (χ4n) is 2.17. The summed E-state index contributed by atoms with van der Waals surface area (Å²) in [7, 11) is 0. The van der Waals surface area contributed by atoms with Crippen LogP contribution in [0.5, 0.6) is 0 Å². The third kappa shape index (κ3) is 4.67. The van der Waals surface area contributed by atoms with Crippen LogP contribution < -0.4 is 5.32 Å². The minimum atomic E-state index is -0.486. The van der Waals surface area contributed by atoms with Gasteiger partial charge in [0.25, 0.3) is 5.91 Å². The molecule has 2 rings (SSSR count). The molecule has 0 aliphatic carbocycles. The average molecular weight is 342 g/mol. The topological polar surface area (TPSA) is 79.2 Å². The first-order chi connectivity index (χ1) is 11.5. The molecule has 2 aromatic rings. The third-order valence-electron chi connectivity index (χ3n) is 3.37. The predicted molar refractivity (Wildman–Crippen MR) is 93.1 cm³/mol. The molecule has 1 N–H and O–H groups in total. The number of amides is 1. The average Bonchev–Trinajstić information content (AvgIpc) is 2.95. The number of carbonyl (C=O) groups is 2. The fraction of sp³-hybridized carbons (Fsp3) is 0.278. The Kier molecular flexibility index (Phi) is 6.10. The fourth-order valence-corrected chi connectivity index (χ4v) is 3.13. The number of hydrogen-bond donors (Lipinski definition) is 1. The molecule has 0 aliphatic rings. The first-order valence-corrected chi connectivity index (χ1v) is 8.41. The smallest absolute Gasteiger partial charge is 0.348 e. The van der Waals surface area contributed by atoms with Crippen LogP contribution in [0.4, 0.5) is 5.69 Å². The standard InChI is InChI=1S/C18H18N2O3S/c1-3-4-14-9-16(24-12(14)2)18(22)23-11-17(21)20-15-7-5-13(10-19)6-8-15/h5-9H,3-4,11H2,1-2H3,(H,20,21). The molecular weight excluding hydrogens is 324 g/mol. The van der Waals surface area contributed by atoms with Gasteiger partial charge in [-0.1, -0.05) is 13.3 Å². The van der Waals surface area contributed by atoms with E-state index in [0.29, 0.717) is 16.1 Å². The van der Waals surface area contributed by atoms with Crippen molar-refractivity contribution in [2.45, 2.75) is 26.7 Å². The zero-order valence-corrected chi connectivity index (χ0v) is 14.4. The van der Waals surface area contributed by atoms with Gasteiger partial charge in [-0.2, -0.15) is 5.26 Å². The molecule has 0 bridgehead atoms. The Labute approximate surface area is 144 Å². The van der Waals surface area contributed by atoms with Gasteiger partial charge in [0.15, 0.2) is 6.61 Å².